The molecular formula is C20H26O5. The lowest BCUT2D eigenvalue weighted by molar-refractivity contribution is -0.142. The van der Waals surface area contributed by atoms with Gasteiger partial charge in [-0.1, -0.05) is 25.5 Å². The second-order valence-corrected chi connectivity index (χ2v) is 8.64. The highest BCUT2D eigenvalue weighted by atomic mass is 16.5. The number of allylic oxidation sites excluding steroid dienone is 4. The number of ether oxygens (including phenoxy) is 1. The van der Waals surface area contributed by atoms with Crippen LogP contribution in [0.4, 0.5) is 0 Å². The highest BCUT2D eigenvalue weighted by Gasteiger charge is 2.63. The molecule has 5 heteroatoms. The van der Waals surface area contributed by atoms with Crippen molar-refractivity contribution in [1.82, 2.24) is 0 Å². The molecule has 25 heavy (non-hydrogen) atoms. The highest BCUT2D eigenvalue weighted by molar-refractivity contribution is 6.01. The van der Waals surface area contributed by atoms with E-state index in [1.807, 2.05) is 13.0 Å². The molecule has 1 saturated heterocycles. The lowest BCUT2D eigenvalue weighted by atomic mass is 9.47. The molecule has 1 aliphatic heterocycles. The summed E-state index contributed by atoms with van der Waals surface area (Å²) in [6.07, 6.45) is 6.36. The van der Waals surface area contributed by atoms with E-state index in [2.05, 4.69) is 6.92 Å². The summed E-state index contributed by atoms with van der Waals surface area (Å²) in [5.74, 6) is 0.192. The Kier molecular flexibility index (Phi) is 3.84. The van der Waals surface area contributed by atoms with Crippen LogP contribution in [-0.4, -0.2) is 47.2 Å². The second-order valence-electron chi connectivity index (χ2n) is 8.64. The van der Waals surface area contributed by atoms with Crippen LogP contribution in [0.15, 0.2) is 23.8 Å². The molecule has 0 spiro atoms. The third-order valence-corrected chi connectivity index (χ3v) is 7.42. The van der Waals surface area contributed by atoms with Crippen LogP contribution in [0, 0.1) is 28.6 Å². The van der Waals surface area contributed by atoms with Gasteiger partial charge in [0.15, 0.2) is 11.6 Å². The molecule has 2 N–H and O–H groups in total. The third kappa shape index (κ3) is 2.25. The zero-order valence-corrected chi connectivity index (χ0v) is 14.8. The molecule has 0 amide bonds. The Bertz CT molecular complexity index is 680. The van der Waals surface area contributed by atoms with Crippen LogP contribution < -0.4 is 0 Å². The summed E-state index contributed by atoms with van der Waals surface area (Å²) >= 11 is 0. The first-order valence-corrected chi connectivity index (χ1v) is 9.19. The predicted molar refractivity (Wildman–Crippen MR) is 90.6 cm³/mol. The van der Waals surface area contributed by atoms with Crippen molar-refractivity contribution in [2.45, 2.75) is 45.3 Å². The smallest absolute Gasteiger partial charge is 0.187 e. The molecule has 0 aromatic rings. The Morgan fingerprint density at radius 3 is 2.88 bits per heavy atom. The normalized spacial score (nSPS) is 48.4. The number of carbonyl (C=O) groups is 2. The van der Waals surface area contributed by atoms with Crippen LogP contribution in [-0.2, 0) is 14.3 Å². The Morgan fingerprint density at radius 2 is 2.16 bits per heavy atom. The molecule has 0 bridgehead atoms. The molecule has 2 saturated carbocycles. The average molecular weight is 346 g/mol. The summed E-state index contributed by atoms with van der Waals surface area (Å²) in [4.78, 5) is 23.9. The predicted octanol–water partition coefficient (Wildman–Crippen LogP) is 1.43. The summed E-state index contributed by atoms with van der Waals surface area (Å²) in [6.45, 7) is 4.12. The lowest BCUT2D eigenvalue weighted by Gasteiger charge is -2.57. The second kappa shape index (κ2) is 5.60. The van der Waals surface area contributed by atoms with E-state index < -0.39 is 24.2 Å². The minimum atomic E-state index is -0.633. The van der Waals surface area contributed by atoms with E-state index in [1.165, 1.54) is 0 Å². The van der Waals surface area contributed by atoms with Crippen LogP contribution in [0.2, 0.25) is 0 Å². The largest absolute Gasteiger partial charge is 0.393 e. The van der Waals surface area contributed by atoms with Crippen molar-refractivity contribution in [3.05, 3.63) is 23.8 Å². The maximum Gasteiger partial charge on any atom is 0.187 e. The zero-order valence-electron chi connectivity index (χ0n) is 14.8. The maximum atomic E-state index is 12.2. The lowest BCUT2D eigenvalue weighted by Crippen LogP contribution is -2.57. The average Bonchev–Trinajstić information content (AvgIpc) is 2.91. The van der Waals surface area contributed by atoms with Crippen molar-refractivity contribution in [2.24, 2.45) is 28.6 Å². The standard InChI is InChI=1S/C20H26O5/c1-19-6-5-12(22)7-11(19)3-4-13-14-10-25-18(16(24)9-21)20(14,2)8-15(23)17(13)19/h5-7,13-15,17-18,21,23H,3-4,8-10H2,1-2H3/t13?,14?,15?,17?,18-,19?,20?/m1/s1. The number of aliphatic hydroxyl groups excluding tert-OH is 2. The van der Waals surface area contributed by atoms with Crippen molar-refractivity contribution in [3.63, 3.8) is 0 Å². The SMILES string of the molecule is CC12C=CC(=O)C=C1CCC1C2C(O)CC2(C)C1CO[C@@H]2C(=O)CO. The van der Waals surface area contributed by atoms with Crippen LogP contribution in [0.5, 0.6) is 0 Å². The molecule has 5 nitrogen and oxygen atoms in total. The van der Waals surface area contributed by atoms with E-state index in [0.29, 0.717) is 13.0 Å². The van der Waals surface area contributed by atoms with Gasteiger partial charge in [-0.05, 0) is 43.3 Å². The Hall–Kier alpha value is -1.30. The molecule has 7 atom stereocenters. The summed E-state index contributed by atoms with van der Waals surface area (Å²) in [7, 11) is 0. The molecular weight excluding hydrogens is 320 g/mol. The molecule has 0 radical (unpaired) electrons. The number of hydrogen-bond donors (Lipinski definition) is 2. The summed E-state index contributed by atoms with van der Waals surface area (Å²) in [6, 6.07) is 0. The van der Waals surface area contributed by atoms with Crippen LogP contribution in [0.25, 0.3) is 0 Å². The van der Waals surface area contributed by atoms with Gasteiger partial charge < -0.3 is 14.9 Å². The van der Waals surface area contributed by atoms with Crippen molar-refractivity contribution in [3.8, 4) is 0 Å². The van der Waals surface area contributed by atoms with Crippen molar-refractivity contribution >= 4 is 11.6 Å². The fourth-order valence-corrected chi connectivity index (χ4v) is 6.25. The van der Waals surface area contributed by atoms with Crippen LogP contribution >= 0.6 is 0 Å². The third-order valence-electron chi connectivity index (χ3n) is 7.42. The van der Waals surface area contributed by atoms with E-state index in [-0.39, 0.29) is 34.7 Å². The van der Waals surface area contributed by atoms with Gasteiger partial charge in [-0.15, -0.1) is 0 Å². The van der Waals surface area contributed by atoms with Crippen LogP contribution in [0.3, 0.4) is 0 Å². The van der Waals surface area contributed by atoms with Crippen molar-refractivity contribution < 1.29 is 24.5 Å². The maximum absolute atomic E-state index is 12.2. The van der Waals surface area contributed by atoms with Gasteiger partial charge in [0.2, 0.25) is 0 Å². The Labute approximate surface area is 147 Å². The van der Waals surface area contributed by atoms with E-state index in [4.69, 9.17) is 4.74 Å². The van der Waals surface area contributed by atoms with E-state index in [9.17, 15) is 19.8 Å². The molecule has 0 aromatic carbocycles. The van der Waals surface area contributed by atoms with E-state index >= 15 is 0 Å². The monoisotopic (exact) mass is 346 g/mol. The molecule has 4 aliphatic rings. The quantitative estimate of drug-likeness (QED) is 0.790. The van der Waals surface area contributed by atoms with Gasteiger partial charge in [0.1, 0.15) is 12.7 Å². The first-order chi connectivity index (χ1) is 11.8. The van der Waals surface area contributed by atoms with E-state index in [0.717, 1.165) is 18.4 Å². The fraction of sp³-hybridized carbons (Fsp3) is 0.700. The van der Waals surface area contributed by atoms with Gasteiger partial charge in [0, 0.05) is 16.7 Å². The first-order valence-electron chi connectivity index (χ1n) is 9.19. The number of Topliss-reactive ketones (excluding diaryl/α,β-unsaturated/α-hetero) is 1. The number of rotatable bonds is 2. The number of aliphatic hydroxyl groups is 2. The number of carbonyl (C=O) groups excluding carboxylic acids is 2. The first kappa shape index (κ1) is 17.1. The summed E-state index contributed by atoms with van der Waals surface area (Å²) < 4.78 is 5.83. The zero-order chi connectivity index (χ0) is 18.0. The molecule has 0 aromatic heterocycles. The fourth-order valence-electron chi connectivity index (χ4n) is 6.25. The molecule has 6 unspecified atom stereocenters. The minimum absolute atomic E-state index is 0.0267. The topological polar surface area (TPSA) is 83.8 Å². The molecule has 1 heterocycles. The Morgan fingerprint density at radius 1 is 1.40 bits per heavy atom. The van der Waals surface area contributed by atoms with Crippen molar-refractivity contribution in [2.75, 3.05) is 13.2 Å². The highest BCUT2D eigenvalue weighted by Crippen LogP contribution is 2.63. The number of ketones is 2. The van der Waals surface area contributed by atoms with Crippen LogP contribution in [0.1, 0.15) is 33.1 Å². The van der Waals surface area contributed by atoms with Gasteiger partial charge in [0.05, 0.1) is 12.7 Å². The van der Waals surface area contributed by atoms with Gasteiger partial charge in [0.25, 0.3) is 0 Å². The summed E-state index contributed by atoms with van der Waals surface area (Å²) in [5, 5.41) is 20.4. The molecule has 3 aliphatic carbocycles. The molecule has 136 valence electrons. The number of hydrogen-bond acceptors (Lipinski definition) is 5. The van der Waals surface area contributed by atoms with Crippen molar-refractivity contribution in [1.29, 1.82) is 0 Å². The van der Waals surface area contributed by atoms with E-state index in [1.54, 1.807) is 12.2 Å². The molecule has 4 rings (SSSR count). The number of fused-ring (bicyclic) bond motifs is 5. The minimum Gasteiger partial charge on any atom is -0.393 e. The summed E-state index contributed by atoms with van der Waals surface area (Å²) in [5.41, 5.74) is 0.369. The van der Waals surface area contributed by atoms with Gasteiger partial charge >= 0.3 is 0 Å². The van der Waals surface area contributed by atoms with Gasteiger partial charge in [-0.2, -0.15) is 0 Å². The molecule has 3 fully saturated rings. The van der Waals surface area contributed by atoms with Gasteiger partial charge in [-0.3, -0.25) is 9.59 Å². The van der Waals surface area contributed by atoms with Gasteiger partial charge in [-0.25, -0.2) is 0 Å². The Balaban J connectivity index is 1.71.